The lowest BCUT2D eigenvalue weighted by Gasteiger charge is -2.15. The van der Waals surface area contributed by atoms with Crippen LogP contribution < -0.4 is 10.3 Å². The van der Waals surface area contributed by atoms with Crippen LogP contribution in [0.15, 0.2) is 63.0 Å². The molecular formula is C21H20N4O3S. The number of para-hydroxylation sites is 1. The maximum absolute atomic E-state index is 12.9. The Morgan fingerprint density at radius 1 is 1.14 bits per heavy atom. The average molecular weight is 408 g/mol. The SMILES string of the molecule is COc1cccc(-c2noc(CSc3nc4ccccc4c(=O)n3C(C)C)n2)c1. The van der Waals surface area contributed by atoms with E-state index in [2.05, 4.69) is 15.1 Å². The predicted molar refractivity (Wildman–Crippen MR) is 112 cm³/mol. The smallest absolute Gasteiger partial charge is 0.262 e. The minimum absolute atomic E-state index is 0.0165. The van der Waals surface area contributed by atoms with Gasteiger partial charge in [-0.05, 0) is 38.1 Å². The molecule has 0 radical (unpaired) electrons. The second kappa shape index (κ2) is 8.08. The normalized spacial score (nSPS) is 11.3. The van der Waals surface area contributed by atoms with Gasteiger partial charge in [-0.1, -0.05) is 41.2 Å². The van der Waals surface area contributed by atoms with Crippen LogP contribution in [0, 0.1) is 0 Å². The summed E-state index contributed by atoms with van der Waals surface area (Å²) in [5, 5.41) is 5.30. The van der Waals surface area contributed by atoms with Crippen molar-refractivity contribution in [3.05, 3.63) is 64.8 Å². The van der Waals surface area contributed by atoms with Crippen molar-refractivity contribution in [2.24, 2.45) is 0 Å². The van der Waals surface area contributed by atoms with Gasteiger partial charge in [-0.15, -0.1) is 0 Å². The summed E-state index contributed by atoms with van der Waals surface area (Å²) in [6, 6.07) is 14.8. The highest BCUT2D eigenvalue weighted by molar-refractivity contribution is 7.98. The van der Waals surface area contributed by atoms with Gasteiger partial charge in [-0.2, -0.15) is 4.98 Å². The van der Waals surface area contributed by atoms with Crippen molar-refractivity contribution in [3.63, 3.8) is 0 Å². The third-order valence-corrected chi connectivity index (χ3v) is 5.35. The maximum Gasteiger partial charge on any atom is 0.262 e. The Labute approximate surface area is 171 Å². The van der Waals surface area contributed by atoms with Crippen molar-refractivity contribution in [1.82, 2.24) is 19.7 Å². The molecule has 0 aliphatic heterocycles. The number of nitrogens with zero attached hydrogens (tertiary/aromatic N) is 4. The fraction of sp³-hybridized carbons (Fsp3) is 0.238. The van der Waals surface area contributed by atoms with E-state index in [1.165, 1.54) is 11.8 Å². The highest BCUT2D eigenvalue weighted by Crippen LogP contribution is 2.26. The summed E-state index contributed by atoms with van der Waals surface area (Å²) in [6.07, 6.45) is 0. The van der Waals surface area contributed by atoms with Gasteiger partial charge >= 0.3 is 0 Å². The third-order valence-electron chi connectivity index (χ3n) is 4.41. The molecule has 0 saturated carbocycles. The van der Waals surface area contributed by atoms with Gasteiger partial charge in [-0.3, -0.25) is 9.36 Å². The van der Waals surface area contributed by atoms with Crippen molar-refractivity contribution < 1.29 is 9.26 Å². The number of rotatable bonds is 6. The van der Waals surface area contributed by atoms with Crippen LogP contribution in [-0.4, -0.2) is 26.8 Å². The van der Waals surface area contributed by atoms with Crippen LogP contribution in [0.4, 0.5) is 0 Å². The van der Waals surface area contributed by atoms with E-state index in [1.54, 1.807) is 17.7 Å². The van der Waals surface area contributed by atoms with E-state index in [1.807, 2.05) is 56.3 Å². The van der Waals surface area contributed by atoms with Crippen molar-refractivity contribution in [3.8, 4) is 17.1 Å². The number of benzene rings is 2. The summed E-state index contributed by atoms with van der Waals surface area (Å²) in [6.45, 7) is 3.94. The number of aromatic nitrogens is 4. The van der Waals surface area contributed by atoms with Crippen LogP contribution in [0.3, 0.4) is 0 Å². The van der Waals surface area contributed by atoms with Crippen molar-refractivity contribution in [1.29, 1.82) is 0 Å². The Bertz CT molecular complexity index is 1220. The van der Waals surface area contributed by atoms with E-state index in [-0.39, 0.29) is 11.6 Å². The van der Waals surface area contributed by atoms with Crippen LogP contribution in [-0.2, 0) is 5.75 Å². The average Bonchev–Trinajstić information content (AvgIpc) is 3.21. The molecule has 0 amide bonds. The second-order valence-electron chi connectivity index (χ2n) is 6.71. The quantitative estimate of drug-likeness (QED) is 0.347. The number of methoxy groups -OCH3 is 1. The lowest BCUT2D eigenvalue weighted by Crippen LogP contribution is -2.25. The molecule has 2 heterocycles. The topological polar surface area (TPSA) is 83.0 Å². The standard InChI is InChI=1S/C21H20N4O3S/c1-13(2)25-20(26)16-9-4-5-10-17(16)22-21(25)29-12-18-23-19(24-28-18)14-7-6-8-15(11-14)27-3/h4-11,13H,12H2,1-3H3. The van der Waals surface area contributed by atoms with Gasteiger partial charge in [0.1, 0.15) is 5.75 Å². The monoisotopic (exact) mass is 408 g/mol. The van der Waals surface area contributed by atoms with Crippen LogP contribution >= 0.6 is 11.8 Å². The largest absolute Gasteiger partial charge is 0.497 e. The van der Waals surface area contributed by atoms with Crippen LogP contribution in [0.1, 0.15) is 25.8 Å². The highest BCUT2D eigenvalue weighted by Gasteiger charge is 2.16. The summed E-state index contributed by atoms with van der Waals surface area (Å²) in [7, 11) is 1.61. The first-order valence-corrected chi connectivity index (χ1v) is 10.2. The number of hydrogen-bond donors (Lipinski definition) is 0. The molecule has 0 N–H and O–H groups in total. The maximum atomic E-state index is 12.9. The van der Waals surface area contributed by atoms with E-state index < -0.39 is 0 Å². The molecule has 0 fully saturated rings. The summed E-state index contributed by atoms with van der Waals surface area (Å²) in [4.78, 5) is 22.0. The zero-order valence-corrected chi connectivity index (χ0v) is 17.1. The van der Waals surface area contributed by atoms with Crippen LogP contribution in [0.25, 0.3) is 22.3 Å². The van der Waals surface area contributed by atoms with Crippen molar-refractivity contribution >= 4 is 22.7 Å². The summed E-state index contributed by atoms with van der Waals surface area (Å²) in [5.74, 6) is 2.09. The molecule has 148 valence electrons. The molecule has 4 aromatic rings. The highest BCUT2D eigenvalue weighted by atomic mass is 32.2. The van der Waals surface area contributed by atoms with Gasteiger partial charge in [0, 0.05) is 11.6 Å². The number of hydrogen-bond acceptors (Lipinski definition) is 7. The molecule has 0 unspecified atom stereocenters. The number of fused-ring (bicyclic) bond motifs is 1. The van der Waals surface area contributed by atoms with Crippen LogP contribution in [0.2, 0.25) is 0 Å². The molecule has 29 heavy (non-hydrogen) atoms. The van der Waals surface area contributed by atoms with E-state index in [0.29, 0.717) is 33.5 Å². The Balaban J connectivity index is 1.61. The van der Waals surface area contributed by atoms with Crippen LogP contribution in [0.5, 0.6) is 5.75 Å². The summed E-state index contributed by atoms with van der Waals surface area (Å²) < 4.78 is 12.3. The molecule has 0 spiro atoms. The molecule has 2 aromatic heterocycles. The zero-order chi connectivity index (χ0) is 20.4. The van der Waals surface area contributed by atoms with Gasteiger partial charge < -0.3 is 9.26 Å². The van der Waals surface area contributed by atoms with Crippen molar-refractivity contribution in [2.45, 2.75) is 30.8 Å². The first-order valence-electron chi connectivity index (χ1n) is 9.18. The fourth-order valence-corrected chi connectivity index (χ4v) is 3.97. The van der Waals surface area contributed by atoms with Crippen molar-refractivity contribution in [2.75, 3.05) is 7.11 Å². The van der Waals surface area contributed by atoms with Gasteiger partial charge in [0.15, 0.2) is 5.16 Å². The van der Waals surface area contributed by atoms with E-state index in [4.69, 9.17) is 9.26 Å². The minimum Gasteiger partial charge on any atom is -0.497 e. The zero-order valence-electron chi connectivity index (χ0n) is 16.3. The number of ether oxygens (including phenoxy) is 1. The molecule has 2 aromatic carbocycles. The summed E-state index contributed by atoms with van der Waals surface area (Å²) in [5.41, 5.74) is 1.45. The molecule has 8 heteroatoms. The van der Waals surface area contributed by atoms with E-state index in [0.717, 1.165) is 11.3 Å². The third kappa shape index (κ3) is 3.88. The molecule has 7 nitrogen and oxygen atoms in total. The lowest BCUT2D eigenvalue weighted by molar-refractivity contribution is 0.391. The first-order chi connectivity index (χ1) is 14.1. The van der Waals surface area contributed by atoms with E-state index >= 15 is 0 Å². The molecule has 0 saturated heterocycles. The van der Waals surface area contributed by atoms with E-state index in [9.17, 15) is 4.79 Å². The van der Waals surface area contributed by atoms with Gasteiger partial charge in [-0.25, -0.2) is 4.98 Å². The predicted octanol–water partition coefficient (Wildman–Crippen LogP) is 4.33. The Morgan fingerprint density at radius 3 is 2.76 bits per heavy atom. The Hall–Kier alpha value is -3.13. The molecule has 0 bridgehead atoms. The Kier molecular flexibility index (Phi) is 5.35. The molecule has 0 aliphatic rings. The summed E-state index contributed by atoms with van der Waals surface area (Å²) >= 11 is 1.40. The fourth-order valence-electron chi connectivity index (χ4n) is 3.00. The van der Waals surface area contributed by atoms with Gasteiger partial charge in [0.05, 0.1) is 23.8 Å². The molecule has 0 aliphatic carbocycles. The number of thioether (sulfide) groups is 1. The molecular weight excluding hydrogens is 388 g/mol. The van der Waals surface area contributed by atoms with Gasteiger partial charge in [0.2, 0.25) is 11.7 Å². The Morgan fingerprint density at radius 2 is 1.97 bits per heavy atom. The molecule has 4 rings (SSSR count). The second-order valence-corrected chi connectivity index (χ2v) is 7.66. The minimum atomic E-state index is -0.0456. The molecule has 0 atom stereocenters. The lowest BCUT2D eigenvalue weighted by atomic mass is 10.2. The van der Waals surface area contributed by atoms with Gasteiger partial charge in [0.25, 0.3) is 5.56 Å². The first kappa shape index (κ1) is 19.2.